The van der Waals surface area contributed by atoms with Gasteiger partial charge in [0.1, 0.15) is 0 Å². The molecule has 0 saturated heterocycles. The molecular weight excluding hydrogens is 246 g/mol. The van der Waals surface area contributed by atoms with Crippen LogP contribution < -0.4 is 0 Å². The van der Waals surface area contributed by atoms with Crippen molar-refractivity contribution in [3.63, 3.8) is 0 Å². The Morgan fingerprint density at radius 3 is 2.70 bits per heavy atom. The Kier molecular flexibility index (Phi) is 3.30. The molecule has 98 valence electrons. The van der Waals surface area contributed by atoms with Gasteiger partial charge in [0.25, 0.3) is 0 Å². The van der Waals surface area contributed by atoms with E-state index in [1.165, 1.54) is 5.56 Å². The number of para-hydroxylation sites is 1. The van der Waals surface area contributed by atoms with Crippen LogP contribution in [0.1, 0.15) is 28.4 Å². The number of ketones is 1. The van der Waals surface area contributed by atoms with Crippen molar-refractivity contribution in [1.29, 1.82) is 0 Å². The van der Waals surface area contributed by atoms with Crippen molar-refractivity contribution in [2.24, 2.45) is 0 Å². The zero-order valence-corrected chi connectivity index (χ0v) is 11.3. The van der Waals surface area contributed by atoms with Crippen LogP contribution in [-0.4, -0.2) is 10.8 Å². The summed E-state index contributed by atoms with van der Waals surface area (Å²) in [5, 5.41) is 0.991. The highest BCUT2D eigenvalue weighted by molar-refractivity contribution is 6.15. The number of hydrogen-bond donors (Lipinski definition) is 0. The molecule has 1 aromatic heterocycles. The van der Waals surface area contributed by atoms with Gasteiger partial charge in [0.05, 0.1) is 5.52 Å². The molecule has 0 N–H and O–H groups in total. The van der Waals surface area contributed by atoms with Crippen LogP contribution in [0.15, 0.2) is 60.8 Å². The van der Waals surface area contributed by atoms with Crippen LogP contribution in [0, 0.1) is 0 Å². The fourth-order valence-electron chi connectivity index (χ4n) is 2.38. The van der Waals surface area contributed by atoms with E-state index in [1.807, 2.05) is 54.6 Å². The smallest absolute Gasteiger partial charge is 0.195 e. The lowest BCUT2D eigenvalue weighted by molar-refractivity contribution is 0.104. The van der Waals surface area contributed by atoms with Crippen LogP contribution in [0.3, 0.4) is 0 Å². The number of fused-ring (bicyclic) bond motifs is 1. The van der Waals surface area contributed by atoms with Crippen molar-refractivity contribution in [3.8, 4) is 0 Å². The zero-order chi connectivity index (χ0) is 13.9. The molecule has 0 aliphatic carbocycles. The van der Waals surface area contributed by atoms with E-state index in [9.17, 15) is 4.79 Å². The number of carbonyl (C=O) groups is 1. The van der Waals surface area contributed by atoms with E-state index >= 15 is 0 Å². The Labute approximate surface area is 118 Å². The maximum absolute atomic E-state index is 12.7. The lowest BCUT2D eigenvalue weighted by Gasteiger charge is -2.06. The van der Waals surface area contributed by atoms with Crippen molar-refractivity contribution in [1.82, 2.24) is 4.98 Å². The van der Waals surface area contributed by atoms with Crippen LogP contribution in [0.5, 0.6) is 0 Å². The molecule has 1 heterocycles. The third-order valence-corrected chi connectivity index (χ3v) is 3.47. The van der Waals surface area contributed by atoms with Gasteiger partial charge in [-0.3, -0.25) is 9.78 Å². The summed E-state index contributed by atoms with van der Waals surface area (Å²) in [5.74, 6) is 0.0320. The molecule has 3 rings (SSSR count). The number of rotatable bonds is 3. The van der Waals surface area contributed by atoms with E-state index in [4.69, 9.17) is 0 Å². The molecule has 0 fully saturated rings. The second-order valence-corrected chi connectivity index (χ2v) is 4.76. The highest BCUT2D eigenvalue weighted by atomic mass is 16.1. The quantitative estimate of drug-likeness (QED) is 0.666. The summed E-state index contributed by atoms with van der Waals surface area (Å²) in [6.07, 6.45) is 2.65. The van der Waals surface area contributed by atoms with Crippen molar-refractivity contribution in [2.45, 2.75) is 13.3 Å². The highest BCUT2D eigenvalue weighted by Crippen LogP contribution is 2.20. The Balaban J connectivity index is 2.12. The fourth-order valence-corrected chi connectivity index (χ4v) is 2.38. The molecule has 2 nitrogen and oxygen atoms in total. The van der Waals surface area contributed by atoms with Gasteiger partial charge in [0.15, 0.2) is 5.78 Å². The first kappa shape index (κ1) is 12.5. The summed E-state index contributed by atoms with van der Waals surface area (Å²) < 4.78 is 0. The summed E-state index contributed by atoms with van der Waals surface area (Å²) in [6, 6.07) is 17.4. The summed E-state index contributed by atoms with van der Waals surface area (Å²) in [4.78, 5) is 17.0. The third kappa shape index (κ3) is 2.21. The van der Waals surface area contributed by atoms with Crippen LogP contribution in [0.2, 0.25) is 0 Å². The largest absolute Gasteiger partial charge is 0.289 e. The van der Waals surface area contributed by atoms with E-state index in [0.717, 1.165) is 22.9 Å². The highest BCUT2D eigenvalue weighted by Gasteiger charge is 2.13. The van der Waals surface area contributed by atoms with E-state index in [0.29, 0.717) is 5.56 Å². The number of aromatic nitrogens is 1. The van der Waals surface area contributed by atoms with Gasteiger partial charge in [0, 0.05) is 22.7 Å². The molecule has 0 radical (unpaired) electrons. The summed E-state index contributed by atoms with van der Waals surface area (Å²) in [7, 11) is 0. The van der Waals surface area contributed by atoms with Crippen LogP contribution in [0.25, 0.3) is 10.9 Å². The van der Waals surface area contributed by atoms with Crippen molar-refractivity contribution < 1.29 is 4.79 Å². The molecule has 0 saturated carbocycles. The Morgan fingerprint density at radius 1 is 1.05 bits per heavy atom. The monoisotopic (exact) mass is 261 g/mol. The lowest BCUT2D eigenvalue weighted by atomic mass is 9.98. The number of nitrogens with zero attached hydrogens (tertiary/aromatic N) is 1. The molecule has 0 aliphatic rings. The summed E-state index contributed by atoms with van der Waals surface area (Å²) >= 11 is 0. The second kappa shape index (κ2) is 5.25. The van der Waals surface area contributed by atoms with Crippen LogP contribution in [-0.2, 0) is 6.42 Å². The second-order valence-electron chi connectivity index (χ2n) is 4.76. The number of hydrogen-bond acceptors (Lipinski definition) is 2. The summed E-state index contributed by atoms with van der Waals surface area (Å²) in [6.45, 7) is 2.09. The predicted octanol–water partition coefficient (Wildman–Crippen LogP) is 4.03. The van der Waals surface area contributed by atoms with Gasteiger partial charge in [-0.2, -0.15) is 0 Å². The molecule has 2 aromatic carbocycles. The molecule has 3 aromatic rings. The number of pyridine rings is 1. The summed E-state index contributed by atoms with van der Waals surface area (Å²) in [5.41, 5.74) is 3.32. The fraction of sp³-hybridized carbons (Fsp3) is 0.111. The minimum Gasteiger partial charge on any atom is -0.289 e. The number of aryl methyl sites for hydroxylation is 1. The molecule has 0 amide bonds. The first-order chi connectivity index (χ1) is 9.79. The van der Waals surface area contributed by atoms with Gasteiger partial charge in [0.2, 0.25) is 0 Å². The van der Waals surface area contributed by atoms with E-state index in [2.05, 4.69) is 11.9 Å². The molecular formula is C18H15NO. The van der Waals surface area contributed by atoms with E-state index in [-0.39, 0.29) is 5.78 Å². The maximum atomic E-state index is 12.7. The van der Waals surface area contributed by atoms with Gasteiger partial charge in [-0.15, -0.1) is 0 Å². The molecule has 0 aliphatic heterocycles. The van der Waals surface area contributed by atoms with Crippen LogP contribution >= 0.6 is 0 Å². The minimum atomic E-state index is 0.0320. The SMILES string of the molecule is CCc1cccc(C(=O)c2cccc3cccnc23)c1. The van der Waals surface area contributed by atoms with E-state index < -0.39 is 0 Å². The Morgan fingerprint density at radius 2 is 1.85 bits per heavy atom. The van der Waals surface area contributed by atoms with Gasteiger partial charge >= 0.3 is 0 Å². The average Bonchev–Trinajstić information content (AvgIpc) is 2.53. The van der Waals surface area contributed by atoms with Crippen LogP contribution in [0.4, 0.5) is 0 Å². The van der Waals surface area contributed by atoms with Gasteiger partial charge in [-0.05, 0) is 30.2 Å². The first-order valence-corrected chi connectivity index (χ1v) is 6.77. The molecule has 0 bridgehead atoms. The molecule has 0 atom stereocenters. The van der Waals surface area contributed by atoms with Crippen molar-refractivity contribution >= 4 is 16.7 Å². The standard InChI is InChI=1S/C18H15NO/c1-2-13-6-3-8-15(12-13)18(20)16-10-4-7-14-9-5-11-19-17(14)16/h3-12H,2H2,1H3. The number of carbonyl (C=O) groups excluding carboxylic acids is 1. The maximum Gasteiger partial charge on any atom is 0.195 e. The zero-order valence-electron chi connectivity index (χ0n) is 11.3. The molecule has 2 heteroatoms. The molecule has 20 heavy (non-hydrogen) atoms. The van der Waals surface area contributed by atoms with Gasteiger partial charge < -0.3 is 0 Å². The normalized spacial score (nSPS) is 10.7. The minimum absolute atomic E-state index is 0.0320. The Bertz CT molecular complexity index is 772. The molecule has 0 unspecified atom stereocenters. The molecule has 0 spiro atoms. The van der Waals surface area contributed by atoms with Gasteiger partial charge in [-0.1, -0.05) is 43.3 Å². The Hall–Kier alpha value is -2.48. The predicted molar refractivity (Wildman–Crippen MR) is 81.0 cm³/mol. The third-order valence-electron chi connectivity index (χ3n) is 3.47. The van der Waals surface area contributed by atoms with E-state index in [1.54, 1.807) is 6.20 Å². The van der Waals surface area contributed by atoms with Gasteiger partial charge in [-0.25, -0.2) is 0 Å². The first-order valence-electron chi connectivity index (χ1n) is 6.77. The average molecular weight is 261 g/mol. The number of benzene rings is 2. The van der Waals surface area contributed by atoms with Crippen molar-refractivity contribution in [3.05, 3.63) is 77.5 Å². The topological polar surface area (TPSA) is 30.0 Å². The lowest BCUT2D eigenvalue weighted by Crippen LogP contribution is -2.03. The van der Waals surface area contributed by atoms with Crippen molar-refractivity contribution in [2.75, 3.05) is 0 Å².